The third-order valence-corrected chi connectivity index (χ3v) is 5.78. The number of benzene rings is 1. The second-order valence-electron chi connectivity index (χ2n) is 9.17. The molecule has 1 amide bonds. The molecule has 30 heavy (non-hydrogen) atoms. The fourth-order valence-electron chi connectivity index (χ4n) is 4.28. The summed E-state index contributed by atoms with van der Waals surface area (Å²) in [6, 6.07) is 5.82. The van der Waals surface area contributed by atoms with Gasteiger partial charge in [0.25, 0.3) is 0 Å². The molecule has 0 radical (unpaired) electrons. The number of amides is 1. The number of hydrogen-bond acceptors (Lipinski definition) is 4. The first-order valence-corrected chi connectivity index (χ1v) is 10.1. The summed E-state index contributed by atoms with van der Waals surface area (Å²) >= 11 is 0. The molecule has 2 aromatic rings. The van der Waals surface area contributed by atoms with E-state index in [1.54, 1.807) is 12.1 Å². The third-order valence-electron chi connectivity index (χ3n) is 5.78. The number of hydrogen-bond donors (Lipinski definition) is 3. The maximum atomic E-state index is 13.6. The Morgan fingerprint density at radius 1 is 1.33 bits per heavy atom. The van der Waals surface area contributed by atoms with Crippen LogP contribution in [0.2, 0.25) is 0 Å². The van der Waals surface area contributed by atoms with E-state index < -0.39 is 17.3 Å². The highest BCUT2D eigenvalue weighted by Gasteiger charge is 2.41. The Morgan fingerprint density at radius 2 is 2.07 bits per heavy atom. The second kappa shape index (κ2) is 8.15. The van der Waals surface area contributed by atoms with E-state index in [1.165, 1.54) is 12.3 Å². The standard InChI is InChI=1S/C22H29F3N4O/c1-14-9-21(13-27-11-14,29-18(30)10-20(2,3)12-26)16-6-7-17(22(23,24)25)19-15(16)5-4-8-28-19/h4-8,14,27H,9-13,26H2,1-3H3,(H,29,30)/t14-,21-/m0/s1. The van der Waals surface area contributed by atoms with Gasteiger partial charge in [-0.25, -0.2) is 0 Å². The van der Waals surface area contributed by atoms with Crippen LogP contribution in [0.1, 0.15) is 44.7 Å². The summed E-state index contributed by atoms with van der Waals surface area (Å²) in [4.78, 5) is 17.0. The average molecular weight is 422 g/mol. The normalized spacial score (nSPS) is 22.8. The predicted octanol–water partition coefficient (Wildman–Crippen LogP) is 3.57. The van der Waals surface area contributed by atoms with Gasteiger partial charge in [-0.3, -0.25) is 9.78 Å². The van der Waals surface area contributed by atoms with Crippen LogP contribution in [-0.4, -0.2) is 30.5 Å². The minimum Gasteiger partial charge on any atom is -0.345 e. The van der Waals surface area contributed by atoms with Crippen LogP contribution in [0.15, 0.2) is 30.5 Å². The quantitative estimate of drug-likeness (QED) is 0.688. The van der Waals surface area contributed by atoms with E-state index in [9.17, 15) is 18.0 Å². The first-order valence-electron chi connectivity index (χ1n) is 10.1. The van der Waals surface area contributed by atoms with Gasteiger partial charge in [0.05, 0.1) is 16.6 Å². The lowest BCUT2D eigenvalue weighted by molar-refractivity contribution is -0.136. The fraction of sp³-hybridized carbons (Fsp3) is 0.545. The van der Waals surface area contributed by atoms with Gasteiger partial charge >= 0.3 is 6.18 Å². The topological polar surface area (TPSA) is 80.0 Å². The molecule has 1 fully saturated rings. The number of halogens is 3. The molecule has 0 aliphatic carbocycles. The zero-order valence-electron chi connectivity index (χ0n) is 17.6. The number of alkyl halides is 3. The van der Waals surface area contributed by atoms with E-state index in [0.717, 1.165) is 12.6 Å². The number of fused-ring (bicyclic) bond motifs is 1. The molecule has 0 spiro atoms. The van der Waals surface area contributed by atoms with Crippen LogP contribution in [0.25, 0.3) is 10.9 Å². The largest absolute Gasteiger partial charge is 0.418 e. The average Bonchev–Trinajstić information content (AvgIpc) is 2.65. The van der Waals surface area contributed by atoms with Crippen molar-refractivity contribution in [3.05, 3.63) is 41.6 Å². The van der Waals surface area contributed by atoms with E-state index in [0.29, 0.717) is 30.5 Å². The first-order chi connectivity index (χ1) is 14.0. The molecule has 1 aliphatic heterocycles. The highest BCUT2D eigenvalue weighted by molar-refractivity contribution is 5.88. The number of nitrogens with two attached hydrogens (primary N) is 1. The molecular formula is C22H29F3N4O. The van der Waals surface area contributed by atoms with Crippen molar-refractivity contribution in [2.45, 2.75) is 45.3 Å². The molecule has 4 N–H and O–H groups in total. The first kappa shape index (κ1) is 22.5. The Hall–Kier alpha value is -2.19. The highest BCUT2D eigenvalue weighted by Crippen LogP contribution is 2.40. The van der Waals surface area contributed by atoms with Gasteiger partial charge in [-0.1, -0.05) is 32.9 Å². The molecule has 8 heteroatoms. The van der Waals surface area contributed by atoms with E-state index in [4.69, 9.17) is 5.73 Å². The lowest BCUT2D eigenvalue weighted by Crippen LogP contribution is -2.57. The molecule has 0 saturated carbocycles. The lowest BCUT2D eigenvalue weighted by atomic mass is 9.76. The van der Waals surface area contributed by atoms with E-state index >= 15 is 0 Å². The van der Waals surface area contributed by atoms with E-state index in [2.05, 4.69) is 22.5 Å². The van der Waals surface area contributed by atoms with Crippen molar-refractivity contribution < 1.29 is 18.0 Å². The fourth-order valence-corrected chi connectivity index (χ4v) is 4.28. The number of piperidine rings is 1. The Kier molecular flexibility index (Phi) is 6.11. The van der Waals surface area contributed by atoms with Crippen LogP contribution < -0.4 is 16.4 Å². The van der Waals surface area contributed by atoms with Gasteiger partial charge in [-0.05, 0) is 48.5 Å². The van der Waals surface area contributed by atoms with Crippen LogP contribution in [0, 0.1) is 11.3 Å². The van der Waals surface area contributed by atoms with Crippen LogP contribution in [0.4, 0.5) is 13.2 Å². The van der Waals surface area contributed by atoms with Crippen molar-refractivity contribution in [1.29, 1.82) is 0 Å². The summed E-state index contributed by atoms with van der Waals surface area (Å²) in [5.74, 6) is 0.0638. The van der Waals surface area contributed by atoms with Crippen molar-refractivity contribution >= 4 is 16.8 Å². The van der Waals surface area contributed by atoms with Crippen LogP contribution in [-0.2, 0) is 16.5 Å². The summed E-state index contributed by atoms with van der Waals surface area (Å²) < 4.78 is 40.7. The van der Waals surface area contributed by atoms with Crippen LogP contribution >= 0.6 is 0 Å². The minimum atomic E-state index is -4.51. The van der Waals surface area contributed by atoms with Crippen molar-refractivity contribution in [1.82, 2.24) is 15.6 Å². The molecule has 0 bridgehead atoms. The number of aromatic nitrogens is 1. The van der Waals surface area contributed by atoms with Gasteiger partial charge in [-0.15, -0.1) is 0 Å². The third kappa shape index (κ3) is 4.59. The summed E-state index contributed by atoms with van der Waals surface area (Å²) in [5.41, 5.74) is 4.35. The van der Waals surface area contributed by atoms with Gasteiger partial charge < -0.3 is 16.4 Å². The molecular weight excluding hydrogens is 393 g/mol. The lowest BCUT2D eigenvalue weighted by Gasteiger charge is -2.43. The molecule has 1 aromatic heterocycles. The van der Waals surface area contributed by atoms with Gasteiger partial charge in [0, 0.05) is 24.5 Å². The molecule has 1 saturated heterocycles. The molecule has 0 unspecified atom stereocenters. The second-order valence-corrected chi connectivity index (χ2v) is 9.17. The van der Waals surface area contributed by atoms with Gasteiger partial charge in [0.1, 0.15) is 0 Å². The van der Waals surface area contributed by atoms with Gasteiger partial charge in [-0.2, -0.15) is 13.2 Å². The number of carbonyl (C=O) groups excluding carboxylic acids is 1. The minimum absolute atomic E-state index is 0.100. The number of carbonyl (C=O) groups is 1. The number of nitrogens with one attached hydrogen (secondary N) is 2. The van der Waals surface area contributed by atoms with Crippen molar-refractivity contribution in [3.63, 3.8) is 0 Å². The summed E-state index contributed by atoms with van der Waals surface area (Å²) in [5, 5.41) is 6.89. The molecule has 5 nitrogen and oxygen atoms in total. The molecule has 2 heterocycles. The van der Waals surface area contributed by atoms with E-state index in [1.807, 2.05) is 13.8 Å². The molecule has 3 rings (SSSR count). The van der Waals surface area contributed by atoms with Gasteiger partial charge in [0.2, 0.25) is 5.91 Å². The Balaban J connectivity index is 2.11. The number of pyridine rings is 1. The van der Waals surface area contributed by atoms with Crippen LogP contribution in [0.5, 0.6) is 0 Å². The summed E-state index contributed by atoms with van der Waals surface area (Å²) in [7, 11) is 0. The summed E-state index contributed by atoms with van der Waals surface area (Å²) in [6.45, 7) is 7.46. The Labute approximate surface area is 174 Å². The van der Waals surface area contributed by atoms with Crippen molar-refractivity contribution in [3.8, 4) is 0 Å². The number of rotatable bonds is 5. The highest BCUT2D eigenvalue weighted by atomic mass is 19.4. The zero-order chi connectivity index (χ0) is 22.2. The Bertz CT molecular complexity index is 928. The monoisotopic (exact) mass is 422 g/mol. The maximum absolute atomic E-state index is 13.6. The molecule has 1 aromatic carbocycles. The zero-order valence-corrected chi connectivity index (χ0v) is 17.6. The van der Waals surface area contributed by atoms with E-state index in [-0.39, 0.29) is 29.2 Å². The summed E-state index contributed by atoms with van der Waals surface area (Å²) in [6.07, 6.45) is -2.30. The van der Waals surface area contributed by atoms with Crippen molar-refractivity contribution in [2.75, 3.05) is 19.6 Å². The SMILES string of the molecule is C[C@@H]1CNC[C@](NC(=O)CC(C)(C)CN)(c2ccc(C(F)(F)F)c3ncccc23)C1. The Morgan fingerprint density at radius 3 is 2.70 bits per heavy atom. The van der Waals surface area contributed by atoms with Gasteiger partial charge in [0.15, 0.2) is 0 Å². The van der Waals surface area contributed by atoms with Crippen LogP contribution in [0.3, 0.4) is 0 Å². The number of nitrogens with zero attached hydrogens (tertiary/aromatic N) is 1. The van der Waals surface area contributed by atoms with Crippen molar-refractivity contribution in [2.24, 2.45) is 17.1 Å². The molecule has 1 aliphatic rings. The smallest absolute Gasteiger partial charge is 0.345 e. The molecule has 2 atom stereocenters. The maximum Gasteiger partial charge on any atom is 0.418 e. The molecule has 164 valence electrons. The predicted molar refractivity (Wildman–Crippen MR) is 111 cm³/mol.